The Morgan fingerprint density at radius 2 is 1.91 bits per heavy atom. The normalized spacial score (nSPS) is 18.1. The van der Waals surface area contributed by atoms with Gasteiger partial charge in [0, 0.05) is 24.7 Å². The number of aliphatic hydroxyl groups is 1. The molecule has 0 bridgehead atoms. The summed E-state index contributed by atoms with van der Waals surface area (Å²) in [5.74, 6) is 0. The quantitative estimate of drug-likeness (QED) is 0.685. The number of nitrogens with zero attached hydrogens (tertiary/aromatic N) is 2. The Kier molecular flexibility index (Phi) is 5.36. The van der Waals surface area contributed by atoms with Gasteiger partial charge in [0.1, 0.15) is 0 Å². The molecule has 0 spiro atoms. The van der Waals surface area contributed by atoms with Crippen molar-refractivity contribution in [2.24, 2.45) is 0 Å². The lowest BCUT2D eigenvalue weighted by Gasteiger charge is -2.23. The summed E-state index contributed by atoms with van der Waals surface area (Å²) >= 11 is 0. The average Bonchev–Trinajstić information content (AvgIpc) is 2.83. The highest BCUT2D eigenvalue weighted by atomic mass is 35.5. The van der Waals surface area contributed by atoms with Gasteiger partial charge in [0.15, 0.2) is 0 Å². The summed E-state index contributed by atoms with van der Waals surface area (Å²) in [6.45, 7) is 0.883. The lowest BCUT2D eigenvalue weighted by Crippen LogP contribution is -2.19. The van der Waals surface area contributed by atoms with Crippen LogP contribution in [0.2, 0.25) is 0 Å². The fourth-order valence-electron chi connectivity index (χ4n) is 3.09. The Morgan fingerprint density at radius 3 is 2.57 bits per heavy atom. The molecular weight excluding hydrogens is 316 g/mol. The average molecular weight is 335 g/mol. The van der Waals surface area contributed by atoms with Crippen molar-refractivity contribution in [1.29, 1.82) is 0 Å². The molecular formula is C17H19ClN2O3. The molecule has 6 heteroatoms. The van der Waals surface area contributed by atoms with E-state index in [0.29, 0.717) is 12.0 Å². The van der Waals surface area contributed by atoms with Gasteiger partial charge < -0.3 is 5.11 Å². The number of fused-ring (bicyclic) bond motifs is 1. The first kappa shape index (κ1) is 17.4. The number of nitro benzene ring substituents is 1. The minimum absolute atomic E-state index is 0. The first-order chi connectivity index (χ1) is 10.6. The predicted octanol–water partition coefficient (Wildman–Crippen LogP) is 3.63. The second-order valence-electron chi connectivity index (χ2n) is 5.73. The number of hydrogen-bond donors (Lipinski definition) is 1. The number of benzene rings is 2. The van der Waals surface area contributed by atoms with Gasteiger partial charge in [-0.05, 0) is 42.3 Å². The molecule has 1 heterocycles. The van der Waals surface area contributed by atoms with Crippen molar-refractivity contribution in [3.05, 3.63) is 75.3 Å². The molecule has 0 saturated carbocycles. The molecule has 1 aliphatic heterocycles. The third kappa shape index (κ3) is 3.52. The van der Waals surface area contributed by atoms with Crippen LogP contribution in [0.25, 0.3) is 0 Å². The van der Waals surface area contributed by atoms with Crippen molar-refractivity contribution in [2.45, 2.75) is 25.1 Å². The largest absolute Gasteiger partial charge is 0.388 e. The van der Waals surface area contributed by atoms with E-state index in [9.17, 15) is 15.2 Å². The van der Waals surface area contributed by atoms with Gasteiger partial charge in [0.05, 0.1) is 11.0 Å². The van der Waals surface area contributed by atoms with Crippen LogP contribution in [-0.2, 0) is 6.54 Å². The second kappa shape index (κ2) is 7.08. The molecule has 0 aliphatic carbocycles. The van der Waals surface area contributed by atoms with Crippen molar-refractivity contribution in [2.75, 3.05) is 7.05 Å². The number of hydrogen-bond acceptors (Lipinski definition) is 4. The fourth-order valence-corrected chi connectivity index (χ4v) is 3.09. The Bertz CT molecular complexity index is 690. The lowest BCUT2D eigenvalue weighted by molar-refractivity contribution is -0.384. The van der Waals surface area contributed by atoms with Crippen LogP contribution in [-0.4, -0.2) is 22.0 Å². The van der Waals surface area contributed by atoms with E-state index in [2.05, 4.69) is 17.0 Å². The molecule has 2 atom stereocenters. The number of rotatable bonds is 4. The van der Waals surface area contributed by atoms with E-state index in [1.807, 2.05) is 19.2 Å². The third-order valence-corrected chi connectivity index (χ3v) is 4.30. The first-order valence-corrected chi connectivity index (χ1v) is 7.26. The minimum atomic E-state index is -0.639. The van der Waals surface area contributed by atoms with Crippen LogP contribution < -0.4 is 0 Å². The Balaban J connectivity index is 0.00000192. The predicted molar refractivity (Wildman–Crippen MR) is 90.6 cm³/mol. The molecule has 1 N–H and O–H groups in total. The van der Waals surface area contributed by atoms with Crippen molar-refractivity contribution < 1.29 is 10.0 Å². The van der Waals surface area contributed by atoms with Crippen LogP contribution in [0.1, 0.15) is 35.3 Å². The van der Waals surface area contributed by atoms with Gasteiger partial charge in [0.2, 0.25) is 0 Å². The molecule has 0 aromatic heterocycles. The number of aliphatic hydroxyl groups excluding tert-OH is 1. The van der Waals surface area contributed by atoms with Crippen molar-refractivity contribution >= 4 is 18.1 Å². The summed E-state index contributed by atoms with van der Waals surface area (Å²) in [7, 11) is 2.05. The van der Waals surface area contributed by atoms with Gasteiger partial charge in [-0.2, -0.15) is 0 Å². The molecule has 2 aromatic carbocycles. The van der Waals surface area contributed by atoms with Gasteiger partial charge >= 0.3 is 0 Å². The summed E-state index contributed by atoms with van der Waals surface area (Å²) in [5.41, 5.74) is 3.31. The van der Waals surface area contributed by atoms with Gasteiger partial charge in [-0.15, -0.1) is 12.4 Å². The second-order valence-corrected chi connectivity index (χ2v) is 5.73. The van der Waals surface area contributed by atoms with Gasteiger partial charge in [-0.1, -0.05) is 24.3 Å². The van der Waals surface area contributed by atoms with E-state index in [0.717, 1.165) is 6.54 Å². The highest BCUT2D eigenvalue weighted by Crippen LogP contribution is 2.38. The topological polar surface area (TPSA) is 66.6 Å². The van der Waals surface area contributed by atoms with E-state index >= 15 is 0 Å². The van der Waals surface area contributed by atoms with E-state index in [-0.39, 0.29) is 24.1 Å². The van der Waals surface area contributed by atoms with Gasteiger partial charge in [0.25, 0.3) is 5.69 Å². The summed E-state index contributed by atoms with van der Waals surface area (Å²) in [5, 5.41) is 21.1. The molecule has 2 aromatic rings. The first-order valence-electron chi connectivity index (χ1n) is 7.26. The molecule has 122 valence electrons. The molecule has 3 rings (SSSR count). The molecule has 0 saturated heterocycles. The van der Waals surface area contributed by atoms with Crippen LogP contribution in [0, 0.1) is 10.1 Å². The maximum Gasteiger partial charge on any atom is 0.269 e. The summed E-state index contributed by atoms with van der Waals surface area (Å²) in [6, 6.07) is 14.6. The van der Waals surface area contributed by atoms with E-state index in [1.54, 1.807) is 12.1 Å². The van der Waals surface area contributed by atoms with Crippen molar-refractivity contribution in [3.8, 4) is 0 Å². The zero-order valence-corrected chi connectivity index (χ0v) is 13.6. The zero-order chi connectivity index (χ0) is 15.7. The van der Waals surface area contributed by atoms with Crippen LogP contribution >= 0.6 is 12.4 Å². The maximum absolute atomic E-state index is 10.7. The number of halogens is 1. The van der Waals surface area contributed by atoms with E-state index in [4.69, 9.17) is 0 Å². The molecule has 0 unspecified atom stereocenters. The fraction of sp³-hybridized carbons (Fsp3) is 0.294. The highest BCUT2D eigenvalue weighted by Gasteiger charge is 2.29. The van der Waals surface area contributed by atoms with Crippen molar-refractivity contribution in [3.63, 3.8) is 0 Å². The third-order valence-electron chi connectivity index (χ3n) is 4.30. The van der Waals surface area contributed by atoms with Crippen LogP contribution in [0.15, 0.2) is 48.5 Å². The number of nitro groups is 1. The molecule has 23 heavy (non-hydrogen) atoms. The lowest BCUT2D eigenvalue weighted by atomic mass is 9.96. The summed E-state index contributed by atoms with van der Waals surface area (Å²) < 4.78 is 0. The molecule has 0 amide bonds. The smallest absolute Gasteiger partial charge is 0.269 e. The Hall–Kier alpha value is -1.95. The van der Waals surface area contributed by atoms with Crippen LogP contribution in [0.5, 0.6) is 0 Å². The van der Waals surface area contributed by atoms with Crippen molar-refractivity contribution in [1.82, 2.24) is 4.90 Å². The van der Waals surface area contributed by atoms with E-state index < -0.39 is 11.0 Å². The molecule has 0 fully saturated rings. The van der Waals surface area contributed by atoms with E-state index in [1.165, 1.54) is 23.3 Å². The van der Waals surface area contributed by atoms with Gasteiger partial charge in [-0.3, -0.25) is 15.0 Å². The Morgan fingerprint density at radius 1 is 1.26 bits per heavy atom. The summed E-state index contributed by atoms with van der Waals surface area (Å²) in [4.78, 5) is 12.5. The standard InChI is InChI=1S/C17H18N2O3.ClH/c1-18-11-13-4-2-3-5-15(13)16(18)10-17(20)12-6-8-14(9-7-12)19(21)22;/h2-9,16-17,20H,10-11H2,1H3;1H/t16-,17+;/m1./s1. The minimum Gasteiger partial charge on any atom is -0.388 e. The number of non-ortho nitro benzene ring substituents is 1. The monoisotopic (exact) mass is 334 g/mol. The molecule has 5 nitrogen and oxygen atoms in total. The van der Waals surface area contributed by atoms with Crippen LogP contribution in [0.4, 0.5) is 5.69 Å². The maximum atomic E-state index is 10.7. The zero-order valence-electron chi connectivity index (χ0n) is 12.8. The Labute approximate surface area is 141 Å². The summed E-state index contributed by atoms with van der Waals surface area (Å²) in [6.07, 6.45) is -0.0647. The molecule has 1 aliphatic rings. The SMILES string of the molecule is CN1Cc2ccccc2[C@H]1C[C@H](O)c1ccc([N+](=O)[O-])cc1.Cl. The van der Waals surface area contributed by atoms with Gasteiger partial charge in [-0.25, -0.2) is 0 Å². The van der Waals surface area contributed by atoms with Crippen LogP contribution in [0.3, 0.4) is 0 Å². The highest BCUT2D eigenvalue weighted by molar-refractivity contribution is 5.85. The molecule has 0 radical (unpaired) electrons.